The van der Waals surface area contributed by atoms with Crippen molar-refractivity contribution in [3.8, 4) is 22.8 Å². The standard InChI is InChI=1S/C40H38N4O7/c1-48-31-16-12-29(13-17-31)40(28-9-4-3-5-10-28,30-14-18-32(49-2)19-15-30)50-23-34-33(45)22-35(51-34)44-25-43-38-37(41-24-42-39(38)44)27-8-6-7-26(21-27)11-20-36(46)47/h3-10,12-19,21,24-25,33-35,45H,11,20,22-23H2,1-2H3,(H,46,47)/t33-,34+,35+/m0/s1. The predicted molar refractivity (Wildman–Crippen MR) is 190 cm³/mol. The third-order valence-electron chi connectivity index (χ3n) is 9.34. The van der Waals surface area contributed by atoms with E-state index in [-0.39, 0.29) is 13.0 Å². The lowest BCUT2D eigenvalue weighted by Gasteiger charge is -2.37. The largest absolute Gasteiger partial charge is 0.497 e. The summed E-state index contributed by atoms with van der Waals surface area (Å²) in [5.74, 6) is 0.592. The molecular weight excluding hydrogens is 648 g/mol. The van der Waals surface area contributed by atoms with Crippen LogP contribution in [0, 0.1) is 0 Å². The van der Waals surface area contributed by atoms with Gasteiger partial charge in [-0.3, -0.25) is 9.36 Å². The number of fused-ring (bicyclic) bond motifs is 1. The van der Waals surface area contributed by atoms with Crippen LogP contribution in [0.4, 0.5) is 0 Å². The Labute approximate surface area is 295 Å². The SMILES string of the molecule is COc1ccc(C(OC[C@H]2O[C@@H](n3cnc4c(-c5cccc(CCC(=O)O)c5)ncnc43)C[C@@H]2O)(c2ccccc2)c2ccc(OC)cc2)cc1. The van der Waals surface area contributed by atoms with E-state index in [1.807, 2.05) is 108 Å². The molecule has 0 unspecified atom stereocenters. The summed E-state index contributed by atoms with van der Waals surface area (Å²) in [6.07, 6.45) is 1.81. The van der Waals surface area contributed by atoms with Crippen LogP contribution in [0.3, 0.4) is 0 Å². The van der Waals surface area contributed by atoms with Gasteiger partial charge in [-0.1, -0.05) is 72.8 Å². The molecule has 2 N–H and O–H groups in total. The van der Waals surface area contributed by atoms with Crippen molar-refractivity contribution >= 4 is 17.1 Å². The molecule has 1 fully saturated rings. The van der Waals surface area contributed by atoms with Crippen LogP contribution < -0.4 is 9.47 Å². The van der Waals surface area contributed by atoms with E-state index in [1.54, 1.807) is 20.5 Å². The normalized spacial score (nSPS) is 17.4. The fourth-order valence-electron chi connectivity index (χ4n) is 6.72. The van der Waals surface area contributed by atoms with Gasteiger partial charge in [0.15, 0.2) is 5.65 Å². The number of ether oxygens (including phenoxy) is 4. The molecule has 0 amide bonds. The van der Waals surface area contributed by atoms with Crippen molar-refractivity contribution in [2.24, 2.45) is 0 Å². The number of carboxylic acids is 1. The van der Waals surface area contributed by atoms with Crippen LogP contribution in [0.5, 0.6) is 11.5 Å². The number of methoxy groups -OCH3 is 2. The van der Waals surface area contributed by atoms with Gasteiger partial charge in [-0.25, -0.2) is 15.0 Å². The average Bonchev–Trinajstić information content (AvgIpc) is 3.78. The Hall–Kier alpha value is -5.62. The first-order chi connectivity index (χ1) is 24.9. The summed E-state index contributed by atoms with van der Waals surface area (Å²) in [7, 11) is 3.26. The number of aromatic nitrogens is 4. The first kappa shape index (κ1) is 33.9. The molecule has 1 aliphatic rings. The number of aliphatic hydroxyl groups excluding tert-OH is 1. The molecule has 0 radical (unpaired) electrons. The van der Waals surface area contributed by atoms with Crippen LogP contribution in [-0.4, -0.2) is 68.7 Å². The Balaban J connectivity index is 1.19. The van der Waals surface area contributed by atoms with Gasteiger partial charge >= 0.3 is 5.97 Å². The summed E-state index contributed by atoms with van der Waals surface area (Å²) in [4.78, 5) is 24.8. The lowest BCUT2D eigenvalue weighted by molar-refractivity contribution is -0.136. The number of carboxylic acid groups (broad SMARTS) is 1. The molecular formula is C40H38N4O7. The Kier molecular flexibility index (Phi) is 9.76. The van der Waals surface area contributed by atoms with Crippen molar-refractivity contribution in [3.05, 3.63) is 138 Å². The fraction of sp³-hybridized carbons (Fsp3) is 0.250. The maximum absolute atomic E-state index is 11.4. The number of rotatable bonds is 13. The average molecular weight is 687 g/mol. The van der Waals surface area contributed by atoms with Crippen LogP contribution in [0.25, 0.3) is 22.4 Å². The second kappa shape index (κ2) is 14.7. The molecule has 2 aromatic heterocycles. The van der Waals surface area contributed by atoms with E-state index in [0.29, 0.717) is 29.7 Å². The zero-order valence-electron chi connectivity index (χ0n) is 28.3. The van der Waals surface area contributed by atoms with Gasteiger partial charge in [0.25, 0.3) is 0 Å². The quantitative estimate of drug-likeness (QED) is 0.135. The second-order valence-electron chi connectivity index (χ2n) is 12.4. The predicted octanol–water partition coefficient (Wildman–Crippen LogP) is 6.18. The van der Waals surface area contributed by atoms with Crippen LogP contribution in [0.1, 0.15) is 41.3 Å². The number of nitrogens with zero attached hydrogens (tertiary/aromatic N) is 4. The molecule has 3 heterocycles. The first-order valence-corrected chi connectivity index (χ1v) is 16.7. The van der Waals surface area contributed by atoms with Gasteiger partial charge in [0.2, 0.25) is 0 Å². The van der Waals surface area contributed by atoms with Gasteiger partial charge in [-0.2, -0.15) is 0 Å². The maximum atomic E-state index is 11.4. The molecule has 0 bridgehead atoms. The van der Waals surface area contributed by atoms with E-state index < -0.39 is 30.0 Å². The molecule has 3 atom stereocenters. The van der Waals surface area contributed by atoms with Crippen molar-refractivity contribution < 1.29 is 34.0 Å². The number of benzene rings is 4. The van der Waals surface area contributed by atoms with E-state index in [1.165, 1.54) is 6.33 Å². The van der Waals surface area contributed by atoms with E-state index in [4.69, 9.17) is 24.1 Å². The third-order valence-corrected chi connectivity index (χ3v) is 9.34. The lowest BCUT2D eigenvalue weighted by atomic mass is 9.80. The number of aryl methyl sites for hydroxylation is 1. The van der Waals surface area contributed by atoms with E-state index in [2.05, 4.69) is 15.0 Å². The molecule has 11 nitrogen and oxygen atoms in total. The topological polar surface area (TPSA) is 138 Å². The summed E-state index contributed by atoms with van der Waals surface area (Å²) >= 11 is 0. The van der Waals surface area contributed by atoms with Crippen molar-refractivity contribution in [2.75, 3.05) is 20.8 Å². The number of aliphatic carboxylic acids is 1. The molecule has 0 saturated carbocycles. The van der Waals surface area contributed by atoms with Gasteiger partial charge < -0.3 is 29.2 Å². The fourth-order valence-corrected chi connectivity index (χ4v) is 6.72. The molecule has 51 heavy (non-hydrogen) atoms. The van der Waals surface area contributed by atoms with Gasteiger partial charge in [0.05, 0.1) is 33.3 Å². The highest BCUT2D eigenvalue weighted by molar-refractivity contribution is 5.87. The molecule has 6 aromatic rings. The van der Waals surface area contributed by atoms with Crippen LogP contribution >= 0.6 is 0 Å². The Morgan fingerprint density at radius 3 is 2.18 bits per heavy atom. The molecule has 7 rings (SSSR count). The highest BCUT2D eigenvalue weighted by atomic mass is 16.6. The summed E-state index contributed by atoms with van der Waals surface area (Å²) < 4.78 is 26.3. The number of hydrogen-bond acceptors (Lipinski definition) is 9. The van der Waals surface area contributed by atoms with Crippen LogP contribution in [-0.2, 0) is 26.3 Å². The second-order valence-corrected chi connectivity index (χ2v) is 12.4. The zero-order valence-corrected chi connectivity index (χ0v) is 28.3. The minimum atomic E-state index is -1.07. The molecule has 0 aliphatic carbocycles. The molecule has 4 aromatic carbocycles. The summed E-state index contributed by atoms with van der Waals surface area (Å²) in [5.41, 5.74) is 5.05. The minimum Gasteiger partial charge on any atom is -0.497 e. The maximum Gasteiger partial charge on any atom is 0.303 e. The molecule has 1 aliphatic heterocycles. The van der Waals surface area contributed by atoms with Gasteiger partial charge in [-0.05, 0) is 59.0 Å². The zero-order chi connectivity index (χ0) is 35.4. The number of hydrogen-bond donors (Lipinski definition) is 2. The van der Waals surface area contributed by atoms with Crippen LogP contribution in [0.15, 0.2) is 116 Å². The monoisotopic (exact) mass is 686 g/mol. The van der Waals surface area contributed by atoms with Crippen LogP contribution in [0.2, 0.25) is 0 Å². The number of aliphatic hydroxyl groups is 1. The Morgan fingerprint density at radius 1 is 0.863 bits per heavy atom. The lowest BCUT2D eigenvalue weighted by Crippen LogP contribution is -2.38. The molecule has 11 heteroatoms. The summed E-state index contributed by atoms with van der Waals surface area (Å²) in [5, 5.41) is 20.5. The first-order valence-electron chi connectivity index (χ1n) is 16.7. The Bertz CT molecular complexity index is 2050. The van der Waals surface area contributed by atoms with Crippen molar-refractivity contribution in [3.63, 3.8) is 0 Å². The van der Waals surface area contributed by atoms with Gasteiger partial charge in [0, 0.05) is 18.4 Å². The van der Waals surface area contributed by atoms with Crippen molar-refractivity contribution in [2.45, 2.75) is 43.3 Å². The minimum absolute atomic E-state index is 0.0378. The number of imidazole rings is 1. The van der Waals surface area contributed by atoms with Crippen molar-refractivity contribution in [1.82, 2.24) is 19.5 Å². The highest BCUT2D eigenvalue weighted by Gasteiger charge is 2.42. The Morgan fingerprint density at radius 2 is 1.53 bits per heavy atom. The van der Waals surface area contributed by atoms with Crippen molar-refractivity contribution in [1.29, 1.82) is 0 Å². The van der Waals surface area contributed by atoms with E-state index >= 15 is 0 Å². The molecule has 0 spiro atoms. The summed E-state index contributed by atoms with van der Waals surface area (Å²) in [6, 6.07) is 33.2. The van der Waals surface area contributed by atoms with E-state index in [0.717, 1.165) is 39.3 Å². The third kappa shape index (κ3) is 6.79. The van der Waals surface area contributed by atoms with E-state index in [9.17, 15) is 9.90 Å². The van der Waals surface area contributed by atoms with Gasteiger partial charge in [-0.15, -0.1) is 0 Å². The highest BCUT2D eigenvalue weighted by Crippen LogP contribution is 2.43. The molecule has 260 valence electrons. The number of carbonyl (C=O) groups is 1. The van der Waals surface area contributed by atoms with Gasteiger partial charge in [0.1, 0.15) is 47.0 Å². The molecule has 1 saturated heterocycles. The smallest absolute Gasteiger partial charge is 0.303 e. The summed E-state index contributed by atoms with van der Waals surface area (Å²) in [6.45, 7) is 0.0701.